The Hall–Kier alpha value is -5.53. The molecule has 0 bridgehead atoms. The quantitative estimate of drug-likeness (QED) is 0.184. The lowest BCUT2D eigenvalue weighted by Gasteiger charge is -2.16. The van der Waals surface area contributed by atoms with Gasteiger partial charge in [-0.25, -0.2) is 4.98 Å². The van der Waals surface area contributed by atoms with Crippen LogP contribution in [0.25, 0.3) is 67.0 Å². The largest absolute Gasteiger partial charge is 0.248 e. The Morgan fingerprint density at radius 1 is 0.311 bits per heavy atom. The third-order valence-corrected chi connectivity index (χ3v) is 8.40. The molecule has 7 rings (SSSR count). The van der Waals surface area contributed by atoms with Gasteiger partial charge in [-0.05, 0) is 105 Å². The molecule has 1 heterocycles. The molecule has 0 aliphatic heterocycles. The van der Waals surface area contributed by atoms with Crippen LogP contribution in [0.5, 0.6) is 0 Å². The molecule has 0 radical (unpaired) electrons. The Labute approximate surface area is 266 Å². The molecule has 0 saturated heterocycles. The van der Waals surface area contributed by atoms with Crippen LogP contribution >= 0.6 is 0 Å². The van der Waals surface area contributed by atoms with Crippen LogP contribution in [0.1, 0.15) is 25.3 Å². The summed E-state index contributed by atoms with van der Waals surface area (Å²) < 4.78 is 0. The van der Waals surface area contributed by atoms with E-state index in [0.29, 0.717) is 5.92 Å². The molecular formula is C44H35N. The first-order chi connectivity index (χ1) is 22.1. The molecule has 1 aromatic heterocycles. The van der Waals surface area contributed by atoms with E-state index in [9.17, 15) is 0 Å². The summed E-state index contributed by atoms with van der Waals surface area (Å²) >= 11 is 0. The summed E-state index contributed by atoms with van der Waals surface area (Å²) in [4.78, 5) is 5.40. The van der Waals surface area contributed by atoms with Gasteiger partial charge in [0.25, 0.3) is 0 Å². The molecule has 0 aliphatic rings. The van der Waals surface area contributed by atoms with Crippen molar-refractivity contribution >= 4 is 0 Å². The summed E-state index contributed by atoms with van der Waals surface area (Å²) in [6, 6.07) is 60.8. The van der Waals surface area contributed by atoms with Gasteiger partial charge in [-0.2, -0.15) is 0 Å². The van der Waals surface area contributed by atoms with Gasteiger partial charge in [0.15, 0.2) is 0 Å². The van der Waals surface area contributed by atoms with Crippen LogP contribution in [-0.4, -0.2) is 4.98 Å². The van der Waals surface area contributed by atoms with Gasteiger partial charge in [-0.1, -0.05) is 135 Å². The standard InChI is InChI=1S/C44H35N/c1-31(2)36-29-43(41-25-37(32-15-7-3-8-16-32)23-38(26-41)33-17-9-4-10-18-33)45-44(30-36)42-27-39(34-19-11-5-12-20-34)24-40(28-42)35-21-13-6-14-22-35/h3-31H,1-2H3. The summed E-state index contributed by atoms with van der Waals surface area (Å²) in [5, 5.41) is 0. The van der Waals surface area contributed by atoms with Crippen LogP contribution in [0, 0.1) is 0 Å². The summed E-state index contributed by atoms with van der Waals surface area (Å²) in [5.74, 6) is 0.349. The summed E-state index contributed by atoms with van der Waals surface area (Å²) in [6.07, 6.45) is 0. The fourth-order valence-corrected chi connectivity index (χ4v) is 5.92. The van der Waals surface area contributed by atoms with E-state index in [4.69, 9.17) is 4.98 Å². The molecule has 0 unspecified atom stereocenters. The van der Waals surface area contributed by atoms with Gasteiger partial charge >= 0.3 is 0 Å². The van der Waals surface area contributed by atoms with Crippen molar-refractivity contribution in [2.75, 3.05) is 0 Å². The molecular weight excluding hydrogens is 542 g/mol. The van der Waals surface area contributed by atoms with Crippen LogP contribution in [-0.2, 0) is 0 Å². The minimum atomic E-state index is 0.349. The fraction of sp³-hybridized carbons (Fsp3) is 0.0682. The third-order valence-electron chi connectivity index (χ3n) is 8.40. The second-order valence-electron chi connectivity index (χ2n) is 11.9. The molecule has 0 N–H and O–H groups in total. The fourth-order valence-electron chi connectivity index (χ4n) is 5.92. The Kier molecular flexibility index (Phi) is 7.91. The SMILES string of the molecule is CC(C)c1cc(-c2cc(-c3ccccc3)cc(-c3ccccc3)c2)nc(-c2cc(-c3ccccc3)cc(-c3ccccc3)c2)c1. The van der Waals surface area contributed by atoms with Crippen molar-refractivity contribution in [1.82, 2.24) is 4.98 Å². The highest BCUT2D eigenvalue weighted by atomic mass is 14.7. The van der Waals surface area contributed by atoms with E-state index in [0.717, 1.165) is 22.5 Å². The number of pyridine rings is 1. The number of rotatable bonds is 7. The maximum absolute atomic E-state index is 5.40. The van der Waals surface area contributed by atoms with Gasteiger partial charge in [-0.15, -0.1) is 0 Å². The smallest absolute Gasteiger partial charge is 0.0712 e. The first-order valence-corrected chi connectivity index (χ1v) is 15.7. The van der Waals surface area contributed by atoms with Gasteiger partial charge in [0.1, 0.15) is 0 Å². The second kappa shape index (κ2) is 12.6. The Balaban J connectivity index is 1.43. The average Bonchev–Trinajstić information content (AvgIpc) is 3.12. The zero-order chi connectivity index (χ0) is 30.6. The van der Waals surface area contributed by atoms with Gasteiger partial charge in [0, 0.05) is 11.1 Å². The monoisotopic (exact) mass is 577 g/mol. The highest BCUT2D eigenvalue weighted by molar-refractivity contribution is 5.83. The first kappa shape index (κ1) is 28.3. The molecule has 0 aliphatic carbocycles. The van der Waals surface area contributed by atoms with E-state index in [-0.39, 0.29) is 0 Å². The Bertz CT molecular complexity index is 1780. The molecule has 216 valence electrons. The number of hydrogen-bond acceptors (Lipinski definition) is 1. The molecule has 7 aromatic rings. The van der Waals surface area contributed by atoms with Crippen molar-refractivity contribution in [2.24, 2.45) is 0 Å². The van der Waals surface area contributed by atoms with Crippen molar-refractivity contribution in [3.05, 3.63) is 175 Å². The maximum atomic E-state index is 5.40. The molecule has 0 amide bonds. The lowest BCUT2D eigenvalue weighted by atomic mass is 9.92. The molecule has 1 nitrogen and oxygen atoms in total. The third kappa shape index (κ3) is 6.25. The number of aromatic nitrogens is 1. The van der Waals surface area contributed by atoms with Crippen molar-refractivity contribution in [3.63, 3.8) is 0 Å². The average molecular weight is 578 g/mol. The first-order valence-electron chi connectivity index (χ1n) is 15.7. The van der Waals surface area contributed by atoms with Gasteiger partial charge in [0.05, 0.1) is 11.4 Å². The van der Waals surface area contributed by atoms with Gasteiger partial charge < -0.3 is 0 Å². The highest BCUT2D eigenvalue weighted by Gasteiger charge is 2.15. The maximum Gasteiger partial charge on any atom is 0.0712 e. The van der Waals surface area contributed by atoms with E-state index in [2.05, 4.69) is 184 Å². The van der Waals surface area contributed by atoms with Gasteiger partial charge in [-0.3, -0.25) is 0 Å². The van der Waals surface area contributed by atoms with E-state index >= 15 is 0 Å². The highest BCUT2D eigenvalue weighted by Crippen LogP contribution is 2.37. The van der Waals surface area contributed by atoms with Crippen molar-refractivity contribution in [3.8, 4) is 67.0 Å². The van der Waals surface area contributed by atoms with Crippen LogP contribution in [0.3, 0.4) is 0 Å². The van der Waals surface area contributed by atoms with E-state index < -0.39 is 0 Å². The predicted molar refractivity (Wildman–Crippen MR) is 191 cm³/mol. The Morgan fingerprint density at radius 2 is 0.578 bits per heavy atom. The molecule has 0 atom stereocenters. The summed E-state index contributed by atoms with van der Waals surface area (Å²) in [5.41, 5.74) is 15.0. The van der Waals surface area contributed by atoms with E-state index in [1.807, 2.05) is 0 Å². The summed E-state index contributed by atoms with van der Waals surface area (Å²) in [6.45, 7) is 4.52. The van der Waals surface area contributed by atoms with Gasteiger partial charge in [0.2, 0.25) is 0 Å². The van der Waals surface area contributed by atoms with Crippen LogP contribution in [0.4, 0.5) is 0 Å². The minimum absolute atomic E-state index is 0.349. The zero-order valence-corrected chi connectivity index (χ0v) is 25.7. The van der Waals surface area contributed by atoms with Crippen LogP contribution in [0.15, 0.2) is 170 Å². The summed E-state index contributed by atoms with van der Waals surface area (Å²) in [7, 11) is 0. The number of hydrogen-bond donors (Lipinski definition) is 0. The minimum Gasteiger partial charge on any atom is -0.248 e. The van der Waals surface area contributed by atoms with E-state index in [1.54, 1.807) is 0 Å². The molecule has 0 spiro atoms. The molecule has 0 saturated carbocycles. The molecule has 6 aromatic carbocycles. The van der Waals surface area contributed by atoms with Crippen molar-refractivity contribution in [2.45, 2.75) is 19.8 Å². The zero-order valence-electron chi connectivity index (χ0n) is 25.7. The van der Waals surface area contributed by atoms with E-state index in [1.165, 1.54) is 50.1 Å². The molecule has 1 heteroatoms. The second-order valence-corrected chi connectivity index (χ2v) is 11.9. The topological polar surface area (TPSA) is 12.9 Å². The number of benzene rings is 6. The lowest BCUT2D eigenvalue weighted by Crippen LogP contribution is -1.96. The lowest BCUT2D eigenvalue weighted by molar-refractivity contribution is 0.864. The molecule has 0 fully saturated rings. The van der Waals surface area contributed by atoms with Crippen LogP contribution < -0.4 is 0 Å². The molecule has 45 heavy (non-hydrogen) atoms. The normalized spacial score (nSPS) is 11.1. The Morgan fingerprint density at radius 3 is 0.844 bits per heavy atom. The van der Waals surface area contributed by atoms with Crippen molar-refractivity contribution < 1.29 is 0 Å². The number of nitrogens with zero attached hydrogens (tertiary/aromatic N) is 1. The predicted octanol–water partition coefficient (Wildman–Crippen LogP) is 12.2. The van der Waals surface area contributed by atoms with Crippen LogP contribution in [0.2, 0.25) is 0 Å². The van der Waals surface area contributed by atoms with Crippen molar-refractivity contribution in [1.29, 1.82) is 0 Å².